The number of ether oxygens (including phenoxy) is 1. The van der Waals surface area contributed by atoms with E-state index in [1.54, 1.807) is 6.92 Å². The van der Waals surface area contributed by atoms with Crippen LogP contribution < -0.4 is 5.32 Å². The molecule has 1 N–H and O–H groups in total. The maximum atomic E-state index is 12.1. The molecule has 2 rings (SSSR count). The molecule has 0 atom stereocenters. The third-order valence-electron chi connectivity index (χ3n) is 3.70. The van der Waals surface area contributed by atoms with Crippen LogP contribution in [-0.2, 0) is 9.53 Å². The Morgan fingerprint density at radius 3 is 2.28 bits per heavy atom. The summed E-state index contributed by atoms with van der Waals surface area (Å²) in [7, 11) is 0. The molecule has 2 fully saturated rings. The fourth-order valence-electron chi connectivity index (χ4n) is 2.28. The van der Waals surface area contributed by atoms with Gasteiger partial charge in [-0.25, -0.2) is 4.79 Å². The van der Waals surface area contributed by atoms with E-state index in [-0.39, 0.29) is 0 Å². The molecule has 0 spiro atoms. The molecule has 7 heteroatoms. The van der Waals surface area contributed by atoms with Gasteiger partial charge < -0.3 is 10.1 Å². The van der Waals surface area contributed by atoms with E-state index in [0.717, 1.165) is 13.1 Å². The zero-order valence-electron chi connectivity index (χ0n) is 10.2. The van der Waals surface area contributed by atoms with Crippen molar-refractivity contribution in [3.8, 4) is 0 Å². The highest BCUT2D eigenvalue weighted by Crippen LogP contribution is 2.30. The normalized spacial score (nSPS) is 25.6. The highest BCUT2D eigenvalue weighted by Gasteiger charge is 2.46. The van der Waals surface area contributed by atoms with E-state index in [1.165, 1.54) is 0 Å². The minimum atomic E-state index is -4.90. The van der Waals surface area contributed by atoms with Gasteiger partial charge in [0.15, 0.2) is 0 Å². The number of rotatable bonds is 2. The number of nitrogens with zero attached hydrogens (tertiary/aromatic N) is 1. The molecule has 4 nitrogen and oxygen atoms in total. The number of carbonyl (C=O) groups excluding carboxylic acids is 1. The van der Waals surface area contributed by atoms with E-state index in [2.05, 4.69) is 15.0 Å². The Balaban J connectivity index is 1.84. The summed E-state index contributed by atoms with van der Waals surface area (Å²) in [6.45, 7) is 4.78. The lowest BCUT2D eigenvalue weighted by molar-refractivity contribution is -0.216. The fourth-order valence-corrected chi connectivity index (χ4v) is 2.28. The van der Waals surface area contributed by atoms with Crippen molar-refractivity contribution in [2.24, 2.45) is 0 Å². The fraction of sp³-hybridized carbons (Fsp3) is 0.909. The van der Waals surface area contributed by atoms with Gasteiger partial charge in [-0.1, -0.05) is 0 Å². The Hall–Kier alpha value is -0.820. The summed E-state index contributed by atoms with van der Waals surface area (Å²) in [5, 5.41) is 3.16. The number of piperidine rings is 1. The van der Waals surface area contributed by atoms with Crippen LogP contribution in [0.15, 0.2) is 0 Å². The number of hydrogen-bond acceptors (Lipinski definition) is 4. The van der Waals surface area contributed by atoms with Crippen LogP contribution in [0.1, 0.15) is 19.8 Å². The van der Waals surface area contributed by atoms with Gasteiger partial charge in [-0.05, 0) is 19.8 Å². The van der Waals surface area contributed by atoms with E-state index in [1.807, 2.05) is 0 Å². The predicted octanol–water partition coefficient (Wildman–Crippen LogP) is 0.918. The molecule has 0 unspecified atom stereocenters. The third kappa shape index (κ3) is 2.95. The summed E-state index contributed by atoms with van der Waals surface area (Å²) in [4.78, 5) is 13.1. The van der Waals surface area contributed by atoms with Crippen LogP contribution >= 0.6 is 0 Å². The van der Waals surface area contributed by atoms with Gasteiger partial charge in [-0.3, -0.25) is 4.90 Å². The Morgan fingerprint density at radius 1 is 1.33 bits per heavy atom. The lowest BCUT2D eigenvalue weighted by atomic mass is 9.91. The average molecular weight is 266 g/mol. The number of hydrogen-bond donors (Lipinski definition) is 1. The molecule has 2 aliphatic rings. The first kappa shape index (κ1) is 13.6. The van der Waals surface area contributed by atoms with Crippen molar-refractivity contribution in [2.45, 2.75) is 37.6 Å². The first-order chi connectivity index (χ1) is 8.30. The first-order valence-electron chi connectivity index (χ1n) is 6.05. The van der Waals surface area contributed by atoms with Gasteiger partial charge in [0.1, 0.15) is 5.60 Å². The maximum absolute atomic E-state index is 12.1. The van der Waals surface area contributed by atoms with E-state index >= 15 is 0 Å². The van der Waals surface area contributed by atoms with Crippen molar-refractivity contribution in [3.63, 3.8) is 0 Å². The summed E-state index contributed by atoms with van der Waals surface area (Å²) >= 11 is 0. The zero-order chi connectivity index (χ0) is 13.4. The largest absolute Gasteiger partial charge is 0.490 e. The molecule has 18 heavy (non-hydrogen) atoms. The van der Waals surface area contributed by atoms with Gasteiger partial charge in [0.2, 0.25) is 0 Å². The maximum Gasteiger partial charge on any atom is 0.490 e. The number of nitrogens with one attached hydrogen (secondary N) is 1. The smallest absolute Gasteiger partial charge is 0.453 e. The van der Waals surface area contributed by atoms with Crippen LogP contribution in [0.25, 0.3) is 0 Å². The van der Waals surface area contributed by atoms with Gasteiger partial charge in [-0.15, -0.1) is 0 Å². The van der Waals surface area contributed by atoms with Gasteiger partial charge in [0, 0.05) is 32.2 Å². The number of alkyl halides is 3. The molecular weight excluding hydrogens is 249 g/mol. The van der Waals surface area contributed by atoms with Gasteiger partial charge in [0.05, 0.1) is 0 Å². The monoisotopic (exact) mass is 266 g/mol. The Morgan fingerprint density at radius 2 is 1.89 bits per heavy atom. The molecule has 0 bridgehead atoms. The van der Waals surface area contributed by atoms with E-state index in [0.29, 0.717) is 32.0 Å². The topological polar surface area (TPSA) is 41.6 Å². The van der Waals surface area contributed by atoms with Gasteiger partial charge in [-0.2, -0.15) is 13.2 Å². The van der Waals surface area contributed by atoms with Crippen molar-refractivity contribution in [3.05, 3.63) is 0 Å². The van der Waals surface area contributed by atoms with Crippen molar-refractivity contribution in [1.29, 1.82) is 0 Å². The second kappa shape index (κ2) is 4.70. The van der Waals surface area contributed by atoms with Crippen LogP contribution in [0.4, 0.5) is 13.2 Å². The molecular formula is C11H17F3N2O2. The zero-order valence-corrected chi connectivity index (χ0v) is 10.2. The number of likely N-dealkylation sites (tertiary alicyclic amines) is 1. The van der Waals surface area contributed by atoms with Gasteiger partial charge >= 0.3 is 12.1 Å². The second-order valence-electron chi connectivity index (χ2n) is 5.19. The third-order valence-corrected chi connectivity index (χ3v) is 3.70. The molecule has 2 heterocycles. The Labute approximate surface area is 103 Å². The molecule has 0 aromatic heterocycles. The average Bonchev–Trinajstić information content (AvgIpc) is 2.17. The molecule has 0 saturated carbocycles. The van der Waals surface area contributed by atoms with Crippen molar-refractivity contribution < 1.29 is 22.7 Å². The summed E-state index contributed by atoms with van der Waals surface area (Å²) in [5.74, 6) is -2.08. The van der Waals surface area contributed by atoms with Crippen LogP contribution in [0.5, 0.6) is 0 Å². The summed E-state index contributed by atoms with van der Waals surface area (Å²) < 4.78 is 41.1. The minimum Gasteiger partial charge on any atom is -0.453 e. The molecule has 0 aromatic carbocycles. The van der Waals surface area contributed by atoms with E-state index in [9.17, 15) is 18.0 Å². The SMILES string of the molecule is CC1(OC(=O)C(F)(F)F)CCN(C2CNC2)CC1. The molecule has 0 aromatic rings. The van der Waals surface area contributed by atoms with Crippen LogP contribution in [-0.4, -0.2) is 54.9 Å². The van der Waals surface area contributed by atoms with Crippen molar-refractivity contribution in [2.75, 3.05) is 26.2 Å². The standard InChI is InChI=1S/C11H17F3N2O2/c1-10(18-9(17)11(12,13)14)2-4-16(5-3-10)8-6-15-7-8/h8,15H,2-7H2,1H3. The van der Waals surface area contributed by atoms with E-state index in [4.69, 9.17) is 0 Å². The number of carbonyl (C=O) groups is 1. The Bertz CT molecular complexity index is 321. The molecule has 0 radical (unpaired) electrons. The minimum absolute atomic E-state index is 0.450. The first-order valence-corrected chi connectivity index (χ1v) is 6.05. The number of halogens is 3. The Kier molecular flexibility index (Phi) is 3.55. The lowest BCUT2D eigenvalue weighted by Gasteiger charge is -2.45. The van der Waals surface area contributed by atoms with Crippen LogP contribution in [0.3, 0.4) is 0 Å². The highest BCUT2D eigenvalue weighted by molar-refractivity contribution is 5.76. The van der Waals surface area contributed by atoms with Crippen molar-refractivity contribution >= 4 is 5.97 Å². The molecule has 0 amide bonds. The quantitative estimate of drug-likeness (QED) is 0.755. The van der Waals surface area contributed by atoms with Crippen LogP contribution in [0.2, 0.25) is 0 Å². The van der Waals surface area contributed by atoms with Crippen LogP contribution in [0, 0.1) is 0 Å². The van der Waals surface area contributed by atoms with Crippen molar-refractivity contribution in [1.82, 2.24) is 10.2 Å². The summed E-state index contributed by atoms with van der Waals surface area (Å²) in [5.41, 5.74) is -0.986. The predicted molar refractivity (Wildman–Crippen MR) is 58.0 cm³/mol. The summed E-state index contributed by atoms with van der Waals surface area (Å²) in [6, 6.07) is 0.480. The second-order valence-corrected chi connectivity index (χ2v) is 5.19. The van der Waals surface area contributed by atoms with E-state index < -0.39 is 17.7 Å². The molecule has 2 saturated heterocycles. The summed E-state index contributed by atoms with van der Waals surface area (Å²) in [6.07, 6.45) is -4.01. The molecule has 104 valence electrons. The molecule has 0 aliphatic carbocycles. The molecule has 2 aliphatic heterocycles. The lowest BCUT2D eigenvalue weighted by Crippen LogP contribution is -2.60. The highest BCUT2D eigenvalue weighted by atomic mass is 19.4. The van der Waals surface area contributed by atoms with Gasteiger partial charge in [0.25, 0.3) is 0 Å². The number of esters is 1.